The molecule has 0 spiro atoms. The van der Waals surface area contributed by atoms with E-state index < -0.39 is 44.8 Å². The summed E-state index contributed by atoms with van der Waals surface area (Å²) < 4.78 is 33.3. The Kier molecular flexibility index (Phi) is 5.31. The largest absolute Gasteiger partial charge is 0.457 e. The Hall–Kier alpha value is -2.55. The van der Waals surface area contributed by atoms with E-state index in [1.165, 1.54) is 16.4 Å². The van der Waals surface area contributed by atoms with E-state index in [0.29, 0.717) is 5.56 Å². The number of Topliss-reactive ketones (excluding diaryl/α,β-unsaturated/α-hetero) is 1. The van der Waals surface area contributed by atoms with E-state index in [9.17, 15) is 23.1 Å². The van der Waals surface area contributed by atoms with Crippen molar-refractivity contribution < 1.29 is 27.9 Å². The molecule has 1 fully saturated rings. The highest BCUT2D eigenvalue weighted by Crippen LogP contribution is 2.48. The average Bonchev–Trinajstić information content (AvgIpc) is 3.18. The van der Waals surface area contributed by atoms with Gasteiger partial charge in [0, 0.05) is 30.5 Å². The van der Waals surface area contributed by atoms with Crippen molar-refractivity contribution in [3.63, 3.8) is 0 Å². The van der Waals surface area contributed by atoms with Crippen molar-refractivity contribution in [3.8, 4) is 0 Å². The lowest BCUT2D eigenvalue weighted by Crippen LogP contribution is -2.59. The molecule has 4 rings (SSSR count). The van der Waals surface area contributed by atoms with Crippen molar-refractivity contribution in [2.24, 2.45) is 5.92 Å². The maximum Gasteiger partial charge on any atom is 0.347 e. The summed E-state index contributed by atoms with van der Waals surface area (Å²) in [6, 6.07) is 13.2. The number of carbonyl (C=O) groups excluding carboxylic acids is 2. The van der Waals surface area contributed by atoms with Crippen molar-refractivity contribution in [1.29, 1.82) is 0 Å². The highest BCUT2D eigenvalue weighted by Gasteiger charge is 2.62. The van der Waals surface area contributed by atoms with Crippen LogP contribution in [0.25, 0.3) is 0 Å². The van der Waals surface area contributed by atoms with Crippen molar-refractivity contribution in [3.05, 3.63) is 65.2 Å². The Morgan fingerprint density at radius 3 is 2.34 bits per heavy atom. The predicted molar refractivity (Wildman–Crippen MR) is 118 cm³/mol. The molecule has 3 atom stereocenters. The molecule has 7 nitrogen and oxygen atoms in total. The number of aryl methyl sites for hydroxylation is 1. The average molecular weight is 458 g/mol. The molecule has 1 N–H and O–H groups in total. The Morgan fingerprint density at radius 1 is 1.09 bits per heavy atom. The van der Waals surface area contributed by atoms with Crippen LogP contribution in [-0.4, -0.2) is 53.9 Å². The Balaban J connectivity index is 1.79. The molecule has 0 bridgehead atoms. The predicted octanol–water partition coefficient (Wildman–Crippen LogP) is 2.67. The molecule has 170 valence electrons. The van der Waals surface area contributed by atoms with Gasteiger partial charge in [-0.15, -0.1) is 0 Å². The topological polar surface area (TPSA) is 101 Å². The molecule has 1 heterocycles. The third kappa shape index (κ3) is 3.56. The van der Waals surface area contributed by atoms with Crippen LogP contribution >= 0.6 is 0 Å². The smallest absolute Gasteiger partial charge is 0.347 e. The molecular formula is C24H27NO6S. The van der Waals surface area contributed by atoms with Gasteiger partial charge in [-0.25, -0.2) is 13.2 Å². The molecule has 1 aliphatic carbocycles. The van der Waals surface area contributed by atoms with Crippen LogP contribution in [0.2, 0.25) is 0 Å². The molecule has 0 aromatic heterocycles. The summed E-state index contributed by atoms with van der Waals surface area (Å²) in [7, 11) is -3.89. The summed E-state index contributed by atoms with van der Waals surface area (Å²) in [5, 5.41) is 11.5. The van der Waals surface area contributed by atoms with Gasteiger partial charge in [0.05, 0.1) is 4.90 Å². The van der Waals surface area contributed by atoms with E-state index in [1.54, 1.807) is 57.2 Å². The van der Waals surface area contributed by atoms with Crippen LogP contribution in [0.1, 0.15) is 48.2 Å². The first-order valence-electron chi connectivity index (χ1n) is 10.5. The van der Waals surface area contributed by atoms with Crippen LogP contribution < -0.4 is 0 Å². The third-order valence-corrected chi connectivity index (χ3v) is 7.99. The minimum absolute atomic E-state index is 0.0519. The molecule has 2 aliphatic rings. The number of rotatable bonds is 3. The van der Waals surface area contributed by atoms with E-state index in [0.717, 1.165) is 5.56 Å². The maximum absolute atomic E-state index is 13.4. The Morgan fingerprint density at radius 2 is 1.72 bits per heavy atom. The van der Waals surface area contributed by atoms with Gasteiger partial charge in [0.15, 0.2) is 0 Å². The highest BCUT2D eigenvalue weighted by molar-refractivity contribution is 7.89. The van der Waals surface area contributed by atoms with Gasteiger partial charge >= 0.3 is 5.97 Å². The van der Waals surface area contributed by atoms with E-state index in [4.69, 9.17) is 4.74 Å². The summed E-state index contributed by atoms with van der Waals surface area (Å²) in [6.07, 6.45) is 0. The minimum atomic E-state index is -3.89. The molecular weight excluding hydrogens is 430 g/mol. The number of ketones is 1. The SMILES string of the molecule is Cc1ccc(S(=O)(=O)N2C[C@@H]3c4ccccc4C(=O)[C@](O)(C(=O)OC(C)(C)C)[C@@H]3C2)cc1. The number of hydrogen-bond donors (Lipinski definition) is 1. The number of aliphatic hydroxyl groups is 1. The van der Waals surface area contributed by atoms with Crippen molar-refractivity contribution in [2.75, 3.05) is 13.1 Å². The van der Waals surface area contributed by atoms with Crippen LogP contribution in [0.3, 0.4) is 0 Å². The van der Waals surface area contributed by atoms with Crippen molar-refractivity contribution in [1.82, 2.24) is 4.31 Å². The fraction of sp³-hybridized carbons (Fsp3) is 0.417. The summed E-state index contributed by atoms with van der Waals surface area (Å²) >= 11 is 0. The molecule has 0 unspecified atom stereocenters. The van der Waals surface area contributed by atoms with E-state index in [2.05, 4.69) is 0 Å². The molecule has 0 amide bonds. The molecule has 32 heavy (non-hydrogen) atoms. The number of hydrogen-bond acceptors (Lipinski definition) is 6. The van der Waals surface area contributed by atoms with E-state index in [-0.39, 0.29) is 23.5 Å². The van der Waals surface area contributed by atoms with Gasteiger partial charge in [0.2, 0.25) is 21.4 Å². The highest BCUT2D eigenvalue weighted by atomic mass is 32.2. The molecule has 1 aliphatic heterocycles. The molecule has 2 aromatic carbocycles. The first-order chi connectivity index (χ1) is 14.9. The van der Waals surface area contributed by atoms with Gasteiger partial charge < -0.3 is 9.84 Å². The van der Waals surface area contributed by atoms with Crippen LogP contribution in [0.5, 0.6) is 0 Å². The summed E-state index contributed by atoms with van der Waals surface area (Å²) in [5.74, 6) is -3.28. The second-order valence-corrected chi connectivity index (χ2v) is 11.5. The van der Waals surface area contributed by atoms with Crippen LogP contribution in [0, 0.1) is 12.8 Å². The monoisotopic (exact) mass is 457 g/mol. The number of nitrogens with zero attached hydrogens (tertiary/aromatic N) is 1. The van der Waals surface area contributed by atoms with Gasteiger partial charge in [-0.05, 0) is 45.4 Å². The first-order valence-corrected chi connectivity index (χ1v) is 12.0. The molecule has 0 radical (unpaired) electrons. The number of esters is 1. The van der Waals surface area contributed by atoms with Crippen LogP contribution in [0.15, 0.2) is 53.4 Å². The lowest BCUT2D eigenvalue weighted by Gasteiger charge is -2.39. The fourth-order valence-corrected chi connectivity index (χ4v) is 6.05. The number of benzene rings is 2. The summed E-state index contributed by atoms with van der Waals surface area (Å²) in [4.78, 5) is 26.6. The molecule has 2 aromatic rings. The van der Waals surface area contributed by atoms with E-state index >= 15 is 0 Å². The van der Waals surface area contributed by atoms with Crippen LogP contribution in [0.4, 0.5) is 0 Å². The fourth-order valence-electron chi connectivity index (χ4n) is 4.56. The van der Waals surface area contributed by atoms with Gasteiger partial charge in [-0.1, -0.05) is 42.0 Å². The third-order valence-electron chi connectivity index (χ3n) is 6.14. The molecule has 0 saturated carbocycles. The van der Waals surface area contributed by atoms with Crippen molar-refractivity contribution in [2.45, 2.75) is 49.7 Å². The van der Waals surface area contributed by atoms with Gasteiger partial charge in [-0.3, -0.25) is 4.79 Å². The zero-order valence-electron chi connectivity index (χ0n) is 18.5. The second kappa shape index (κ2) is 7.50. The lowest BCUT2D eigenvalue weighted by atomic mass is 9.67. The quantitative estimate of drug-likeness (QED) is 0.562. The van der Waals surface area contributed by atoms with Gasteiger partial charge in [0.1, 0.15) is 5.60 Å². The zero-order valence-corrected chi connectivity index (χ0v) is 19.3. The molecule has 8 heteroatoms. The Bertz CT molecular complexity index is 1180. The first kappa shape index (κ1) is 22.6. The Labute approximate surface area is 188 Å². The summed E-state index contributed by atoms with van der Waals surface area (Å²) in [5.41, 5.74) is -1.61. The van der Waals surface area contributed by atoms with Crippen LogP contribution in [-0.2, 0) is 19.6 Å². The van der Waals surface area contributed by atoms with Crippen molar-refractivity contribution >= 4 is 21.8 Å². The summed E-state index contributed by atoms with van der Waals surface area (Å²) in [6.45, 7) is 6.69. The number of ether oxygens (including phenoxy) is 1. The van der Waals surface area contributed by atoms with E-state index in [1.807, 2.05) is 6.92 Å². The van der Waals surface area contributed by atoms with Gasteiger partial charge in [-0.2, -0.15) is 4.31 Å². The second-order valence-electron chi connectivity index (χ2n) is 9.53. The number of carbonyl (C=O) groups is 2. The number of sulfonamides is 1. The number of fused-ring (bicyclic) bond motifs is 3. The normalized spacial score (nSPS) is 25.8. The maximum atomic E-state index is 13.4. The standard InChI is InChI=1S/C24H27NO6S/c1-15-9-11-16(12-10-15)32(29,30)25-13-19-17-7-5-6-8-18(17)21(26)24(28,20(19)14-25)22(27)31-23(2,3)4/h5-12,19-20,28H,13-14H2,1-4H3/t19-,20-,24+/m1/s1. The molecule has 1 saturated heterocycles. The lowest BCUT2D eigenvalue weighted by molar-refractivity contribution is -0.177. The minimum Gasteiger partial charge on any atom is -0.457 e. The zero-order chi connectivity index (χ0) is 23.5. The van der Waals surface area contributed by atoms with Gasteiger partial charge in [0.25, 0.3) is 0 Å².